The molecule has 0 radical (unpaired) electrons. The quantitative estimate of drug-likeness (QED) is 0.745. The molecule has 0 atom stereocenters. The molecule has 3 aromatic heterocycles. The number of fused-ring (bicyclic) bond motifs is 1. The van der Waals surface area contributed by atoms with Crippen LogP contribution in [0.25, 0.3) is 11.2 Å². The molecule has 19 heavy (non-hydrogen) atoms. The maximum Gasteiger partial charge on any atom is 0.179 e. The molecule has 0 saturated carbocycles. The van der Waals surface area contributed by atoms with Gasteiger partial charge in [0.05, 0.1) is 12.1 Å². The lowest BCUT2D eigenvalue weighted by Crippen LogP contribution is -2.08. The summed E-state index contributed by atoms with van der Waals surface area (Å²) in [6.45, 7) is 3.44. The molecule has 3 aromatic rings. The zero-order valence-electron chi connectivity index (χ0n) is 10.2. The Morgan fingerprint density at radius 1 is 1.47 bits per heavy atom. The summed E-state index contributed by atoms with van der Waals surface area (Å²) in [6.07, 6.45) is 3.48. The second-order valence-electron chi connectivity index (χ2n) is 4.07. The first-order chi connectivity index (χ1) is 9.19. The minimum Gasteiger partial charge on any atom is -0.329 e. The maximum atomic E-state index is 5.34. The van der Waals surface area contributed by atoms with Crippen LogP contribution in [0.1, 0.15) is 12.7 Å². The third-order valence-corrected chi connectivity index (χ3v) is 3.67. The molecule has 0 unspecified atom stereocenters. The van der Waals surface area contributed by atoms with Crippen molar-refractivity contribution in [3.05, 3.63) is 33.7 Å². The molecule has 0 fully saturated rings. The number of halogens is 1. The number of H-pyrrole nitrogens is 1. The van der Waals surface area contributed by atoms with Crippen molar-refractivity contribution in [3.8, 4) is 0 Å². The van der Waals surface area contributed by atoms with E-state index in [9.17, 15) is 0 Å². The van der Waals surface area contributed by atoms with Crippen molar-refractivity contribution in [2.24, 2.45) is 0 Å². The van der Waals surface area contributed by atoms with Gasteiger partial charge >= 0.3 is 0 Å². The highest BCUT2D eigenvalue weighted by atomic mass is 79.9. The third kappa shape index (κ3) is 2.21. The summed E-state index contributed by atoms with van der Waals surface area (Å²) in [7, 11) is 0. The zero-order chi connectivity index (χ0) is 13.4. The molecule has 1 N–H and O–H groups in total. The van der Waals surface area contributed by atoms with Crippen LogP contribution >= 0.6 is 28.1 Å². The summed E-state index contributed by atoms with van der Waals surface area (Å²) in [6, 6.07) is 1.96. The molecule has 0 saturated heterocycles. The number of imidazole rings is 1. The van der Waals surface area contributed by atoms with Crippen molar-refractivity contribution in [2.45, 2.75) is 20.0 Å². The lowest BCUT2D eigenvalue weighted by atomic mass is 10.4. The smallest absolute Gasteiger partial charge is 0.179 e. The minimum atomic E-state index is 0.557. The molecule has 3 heterocycles. The highest BCUT2D eigenvalue weighted by Crippen LogP contribution is 2.17. The van der Waals surface area contributed by atoms with E-state index in [0.29, 0.717) is 11.3 Å². The number of aromatic amines is 1. The topological polar surface area (TPSA) is 64.3 Å². The van der Waals surface area contributed by atoms with Crippen LogP contribution in [0.2, 0.25) is 0 Å². The molecule has 0 aromatic carbocycles. The van der Waals surface area contributed by atoms with E-state index in [-0.39, 0.29) is 0 Å². The van der Waals surface area contributed by atoms with E-state index >= 15 is 0 Å². The van der Waals surface area contributed by atoms with E-state index in [4.69, 9.17) is 12.2 Å². The van der Waals surface area contributed by atoms with Gasteiger partial charge in [-0.2, -0.15) is 0 Å². The number of hydrogen-bond donors (Lipinski definition) is 1. The van der Waals surface area contributed by atoms with Crippen LogP contribution in [-0.4, -0.2) is 29.3 Å². The fraction of sp³-hybridized carbons (Fsp3) is 0.273. The fourth-order valence-corrected chi connectivity index (χ4v) is 2.56. The monoisotopic (exact) mass is 338 g/mol. The standard InChI is InChI=1S/C11H11BrN6S/c1-2-17-6-14-16-9(17)5-18-10-8(15-11(18)19)3-7(12)4-13-10/h3-4,6H,2,5H2,1H3,(H,15,19). The number of pyridine rings is 1. The van der Waals surface area contributed by atoms with Crippen molar-refractivity contribution in [1.29, 1.82) is 0 Å². The van der Waals surface area contributed by atoms with Gasteiger partial charge in [-0.25, -0.2) is 4.98 Å². The van der Waals surface area contributed by atoms with Crippen LogP contribution in [0.4, 0.5) is 0 Å². The summed E-state index contributed by atoms with van der Waals surface area (Å²) >= 11 is 8.74. The predicted octanol–water partition coefficient (Wildman–Crippen LogP) is 2.52. The van der Waals surface area contributed by atoms with Gasteiger partial charge in [0.25, 0.3) is 0 Å². The van der Waals surface area contributed by atoms with Crippen molar-refractivity contribution < 1.29 is 0 Å². The van der Waals surface area contributed by atoms with Gasteiger partial charge in [0.2, 0.25) is 0 Å². The van der Waals surface area contributed by atoms with Gasteiger partial charge in [-0.05, 0) is 41.1 Å². The van der Waals surface area contributed by atoms with E-state index in [1.54, 1.807) is 12.5 Å². The molecule has 0 aliphatic carbocycles. The maximum absolute atomic E-state index is 5.34. The highest BCUT2D eigenvalue weighted by molar-refractivity contribution is 9.10. The van der Waals surface area contributed by atoms with Gasteiger partial charge in [0.1, 0.15) is 6.33 Å². The zero-order valence-corrected chi connectivity index (χ0v) is 12.6. The summed E-state index contributed by atoms with van der Waals surface area (Å²) in [5.41, 5.74) is 1.72. The average molecular weight is 339 g/mol. The van der Waals surface area contributed by atoms with Crippen LogP contribution in [0, 0.1) is 4.77 Å². The Hall–Kier alpha value is -1.54. The average Bonchev–Trinajstić information content (AvgIpc) is 2.95. The molecule has 8 heteroatoms. The first-order valence-electron chi connectivity index (χ1n) is 5.79. The van der Waals surface area contributed by atoms with Crippen molar-refractivity contribution in [2.75, 3.05) is 0 Å². The molecular formula is C11H11BrN6S. The third-order valence-electron chi connectivity index (χ3n) is 2.91. The summed E-state index contributed by atoms with van der Waals surface area (Å²) in [4.78, 5) is 7.54. The van der Waals surface area contributed by atoms with Gasteiger partial charge in [-0.15, -0.1) is 10.2 Å². The second kappa shape index (κ2) is 4.86. The van der Waals surface area contributed by atoms with Crippen LogP contribution in [0.15, 0.2) is 23.1 Å². The van der Waals surface area contributed by atoms with E-state index in [1.807, 2.05) is 15.2 Å². The Morgan fingerprint density at radius 3 is 3.11 bits per heavy atom. The minimum absolute atomic E-state index is 0.557. The first-order valence-corrected chi connectivity index (χ1v) is 7.00. The van der Waals surface area contributed by atoms with Crippen molar-refractivity contribution in [3.63, 3.8) is 0 Å². The van der Waals surface area contributed by atoms with Gasteiger partial charge in [0.15, 0.2) is 16.2 Å². The van der Waals surface area contributed by atoms with Gasteiger partial charge in [-0.3, -0.25) is 4.57 Å². The lowest BCUT2D eigenvalue weighted by Gasteiger charge is -2.05. The Kier molecular flexibility index (Phi) is 3.19. The Labute approximate surface area is 122 Å². The number of rotatable bonds is 3. The Morgan fingerprint density at radius 2 is 2.32 bits per heavy atom. The van der Waals surface area contributed by atoms with Crippen molar-refractivity contribution >= 4 is 39.3 Å². The number of nitrogens with one attached hydrogen (secondary N) is 1. The molecule has 0 amide bonds. The largest absolute Gasteiger partial charge is 0.329 e. The molecule has 3 rings (SSSR count). The van der Waals surface area contributed by atoms with Crippen LogP contribution < -0.4 is 0 Å². The SMILES string of the molecule is CCn1cnnc1Cn1c(=S)[nH]c2cc(Br)cnc21. The second-order valence-corrected chi connectivity index (χ2v) is 5.38. The summed E-state index contributed by atoms with van der Waals surface area (Å²) in [5, 5.41) is 8.05. The predicted molar refractivity (Wildman–Crippen MR) is 77.4 cm³/mol. The molecule has 0 spiro atoms. The number of nitrogens with zero attached hydrogens (tertiary/aromatic N) is 5. The molecule has 0 bridgehead atoms. The number of hydrogen-bond acceptors (Lipinski definition) is 4. The van der Waals surface area contributed by atoms with Crippen LogP contribution in [0.5, 0.6) is 0 Å². The Bertz CT molecular complexity index is 786. The van der Waals surface area contributed by atoms with E-state index in [0.717, 1.165) is 28.0 Å². The van der Waals surface area contributed by atoms with Gasteiger partial charge in [-0.1, -0.05) is 0 Å². The number of aryl methyl sites for hydroxylation is 1. The molecule has 0 aliphatic rings. The summed E-state index contributed by atoms with van der Waals surface area (Å²) in [5.74, 6) is 0.865. The first kappa shape index (κ1) is 12.5. The molecule has 98 valence electrons. The summed E-state index contributed by atoms with van der Waals surface area (Å²) < 4.78 is 5.46. The van der Waals surface area contributed by atoms with E-state index in [2.05, 4.69) is 43.0 Å². The van der Waals surface area contributed by atoms with E-state index < -0.39 is 0 Å². The number of aromatic nitrogens is 6. The van der Waals surface area contributed by atoms with Crippen molar-refractivity contribution in [1.82, 2.24) is 29.3 Å². The molecule has 6 nitrogen and oxygen atoms in total. The van der Waals surface area contributed by atoms with Crippen LogP contribution in [0.3, 0.4) is 0 Å². The van der Waals surface area contributed by atoms with Crippen LogP contribution in [-0.2, 0) is 13.1 Å². The molecule has 0 aliphatic heterocycles. The molecular weight excluding hydrogens is 328 g/mol. The normalized spacial score (nSPS) is 11.3. The van der Waals surface area contributed by atoms with E-state index in [1.165, 1.54) is 0 Å². The lowest BCUT2D eigenvalue weighted by molar-refractivity contribution is 0.653. The highest BCUT2D eigenvalue weighted by Gasteiger charge is 2.10. The fourth-order valence-electron chi connectivity index (χ4n) is 1.97. The van der Waals surface area contributed by atoms with Gasteiger partial charge in [0, 0.05) is 17.2 Å². The Balaban J connectivity index is 2.10. The van der Waals surface area contributed by atoms with Gasteiger partial charge < -0.3 is 9.55 Å².